The summed E-state index contributed by atoms with van der Waals surface area (Å²) < 4.78 is 61.4. The number of aryl methyl sites for hydroxylation is 1. The number of thiazole rings is 1. The zero-order valence-corrected chi connectivity index (χ0v) is 39.3. The highest BCUT2D eigenvalue weighted by atomic mass is 32.2. The van der Waals surface area contributed by atoms with Crippen molar-refractivity contribution in [1.82, 2.24) is 29.9 Å². The number of likely N-dealkylation sites (tertiary alicyclic amines) is 1. The van der Waals surface area contributed by atoms with E-state index in [-0.39, 0.29) is 47.2 Å². The molecule has 5 aromatic rings. The summed E-state index contributed by atoms with van der Waals surface area (Å²) in [6, 6.07) is 9.40. The number of esters is 1. The highest BCUT2D eigenvalue weighted by Crippen LogP contribution is 2.46. The van der Waals surface area contributed by atoms with E-state index >= 15 is 4.79 Å². The number of sulfonamides is 1. The average Bonchev–Trinajstić information content (AvgIpc) is 4.11. The Labute approximate surface area is 383 Å². The van der Waals surface area contributed by atoms with Gasteiger partial charge in [0.15, 0.2) is 11.0 Å². The van der Waals surface area contributed by atoms with Crippen LogP contribution in [0, 0.1) is 24.1 Å². The first-order chi connectivity index (χ1) is 30.7. The molecule has 1 saturated heterocycles. The standard InChI is InChI=1S/C45H50FN7O9S3/c1-9-25-20-45(25,42(57)52-65(58,59)29-15-16-29)51-38(54)31-19-28(21-53(31)40(55)36(44(5,6)7)49-43-47-23(4)34(64-43)41(56)60-8)62-39-35-33(30-18-26(46)12-17-32(30)63-35)48-37(50-39)24-10-13-27(14-11-24)61-22(2)3/h9-14,17-18,22,25,28-29,31,36H,1,15-16,19-21H2,2-8H3,(H,47,49)(H,51,54)(H,52,57)/t25-,28-,31+,36-,45-/m1/s1. The summed E-state index contributed by atoms with van der Waals surface area (Å²) in [5.41, 5.74) is -0.920. The van der Waals surface area contributed by atoms with E-state index in [0.717, 1.165) is 16.0 Å². The number of fused-ring (bicyclic) bond motifs is 3. The van der Waals surface area contributed by atoms with E-state index in [0.29, 0.717) is 45.5 Å². The predicted molar refractivity (Wildman–Crippen MR) is 245 cm³/mol. The van der Waals surface area contributed by atoms with Crippen molar-refractivity contribution in [3.8, 4) is 23.0 Å². The molecule has 0 bridgehead atoms. The minimum Gasteiger partial charge on any atom is -0.491 e. The van der Waals surface area contributed by atoms with E-state index in [1.807, 2.05) is 46.8 Å². The van der Waals surface area contributed by atoms with Gasteiger partial charge in [-0.3, -0.25) is 19.1 Å². The summed E-state index contributed by atoms with van der Waals surface area (Å²) in [5, 5.41) is 6.20. The van der Waals surface area contributed by atoms with Crippen molar-refractivity contribution in [2.45, 2.75) is 102 Å². The fourth-order valence-corrected chi connectivity index (χ4v) is 11.3. The third-order valence-corrected chi connectivity index (χ3v) is 15.7. The molecule has 1 aliphatic heterocycles. The first kappa shape index (κ1) is 45.8. The molecule has 3 aromatic heterocycles. The number of thiophene rings is 1. The highest BCUT2D eigenvalue weighted by Gasteiger charge is 2.62. The van der Waals surface area contributed by atoms with Gasteiger partial charge in [0, 0.05) is 28.0 Å². The maximum atomic E-state index is 15.1. The van der Waals surface area contributed by atoms with Crippen molar-refractivity contribution in [2.24, 2.45) is 11.3 Å². The SMILES string of the molecule is C=C[C@@H]1C[C@]1(NC(=O)[C@@H]1C[C@@H](Oc2nc(-c3ccc(OC(C)C)cc3)nc3c2sc2ccc(F)cc23)CN1C(=O)[C@@H](Nc1nc(C)c(C(=O)OC)s1)C(C)(C)C)C(=O)NS(=O)(=O)C1CC1. The molecular formula is C45H50FN7O9S3. The van der Waals surface area contributed by atoms with Gasteiger partial charge in [-0.15, -0.1) is 17.9 Å². The van der Waals surface area contributed by atoms with Gasteiger partial charge in [-0.25, -0.2) is 27.6 Å². The molecule has 2 aliphatic carbocycles. The summed E-state index contributed by atoms with van der Waals surface area (Å²) in [4.78, 5) is 71.9. The Balaban J connectivity index is 1.16. The quantitative estimate of drug-likeness (QED) is 0.0754. The zero-order chi connectivity index (χ0) is 46.7. The number of aromatic nitrogens is 3. The molecule has 65 heavy (non-hydrogen) atoms. The number of anilines is 1. The first-order valence-corrected chi connectivity index (χ1v) is 24.4. The van der Waals surface area contributed by atoms with Crippen molar-refractivity contribution in [1.29, 1.82) is 0 Å². The summed E-state index contributed by atoms with van der Waals surface area (Å²) in [6.45, 7) is 14.7. The molecule has 8 rings (SSSR count). The largest absolute Gasteiger partial charge is 0.491 e. The summed E-state index contributed by atoms with van der Waals surface area (Å²) in [5.74, 6) is -2.59. The third-order valence-electron chi connectivity index (χ3n) is 11.7. The molecule has 344 valence electrons. The summed E-state index contributed by atoms with van der Waals surface area (Å²) >= 11 is 2.34. The molecule has 0 spiro atoms. The normalized spacial score (nSPS) is 21.2. The van der Waals surface area contributed by atoms with Crippen LogP contribution in [-0.2, 0) is 29.1 Å². The third kappa shape index (κ3) is 9.24. The minimum atomic E-state index is -3.96. The van der Waals surface area contributed by atoms with Gasteiger partial charge in [0.2, 0.25) is 27.7 Å². The van der Waals surface area contributed by atoms with Gasteiger partial charge >= 0.3 is 5.97 Å². The zero-order valence-electron chi connectivity index (χ0n) is 36.9. The Morgan fingerprint density at radius 2 is 1.77 bits per heavy atom. The number of amides is 3. The first-order valence-electron chi connectivity index (χ1n) is 21.2. The Hall–Kier alpha value is -5.73. The number of ether oxygens (including phenoxy) is 3. The average molecular weight is 948 g/mol. The van der Waals surface area contributed by atoms with Gasteiger partial charge in [0.25, 0.3) is 5.91 Å². The van der Waals surface area contributed by atoms with Crippen LogP contribution < -0.4 is 24.8 Å². The van der Waals surface area contributed by atoms with Crippen LogP contribution >= 0.6 is 22.7 Å². The molecule has 20 heteroatoms. The fourth-order valence-electron chi connectivity index (χ4n) is 7.98. The lowest BCUT2D eigenvalue weighted by atomic mass is 9.85. The maximum absolute atomic E-state index is 15.1. The van der Waals surface area contributed by atoms with Crippen LogP contribution in [0.5, 0.6) is 11.6 Å². The second-order valence-corrected chi connectivity index (χ2v) is 22.0. The van der Waals surface area contributed by atoms with Crippen LogP contribution in [0.3, 0.4) is 0 Å². The number of rotatable bonds is 15. The van der Waals surface area contributed by atoms with E-state index in [1.165, 1.54) is 41.6 Å². The molecule has 5 atom stereocenters. The lowest BCUT2D eigenvalue weighted by Crippen LogP contribution is -2.58. The Kier molecular flexibility index (Phi) is 12.2. The summed E-state index contributed by atoms with van der Waals surface area (Å²) in [6.07, 6.45) is 1.49. The molecule has 3 N–H and O–H groups in total. The van der Waals surface area contributed by atoms with Gasteiger partial charge in [-0.05, 0) is 87.9 Å². The van der Waals surface area contributed by atoms with Crippen molar-refractivity contribution >= 4 is 81.8 Å². The minimum absolute atomic E-state index is 0.0476. The molecule has 0 unspecified atom stereocenters. The lowest BCUT2D eigenvalue weighted by molar-refractivity contribution is -0.141. The van der Waals surface area contributed by atoms with Gasteiger partial charge in [-0.1, -0.05) is 38.2 Å². The topological polar surface area (TPSA) is 208 Å². The number of carbonyl (C=O) groups is 4. The number of nitrogens with zero attached hydrogens (tertiary/aromatic N) is 4. The van der Waals surface area contributed by atoms with E-state index in [1.54, 1.807) is 25.1 Å². The molecular weight excluding hydrogens is 898 g/mol. The van der Waals surface area contributed by atoms with Gasteiger partial charge in [0.1, 0.15) is 44.9 Å². The molecule has 3 fully saturated rings. The monoisotopic (exact) mass is 947 g/mol. The van der Waals surface area contributed by atoms with E-state index < -0.39 is 79.8 Å². The Morgan fingerprint density at radius 3 is 2.40 bits per heavy atom. The van der Waals surface area contributed by atoms with E-state index in [4.69, 9.17) is 24.2 Å². The number of hydrogen-bond donors (Lipinski definition) is 3. The van der Waals surface area contributed by atoms with Crippen LogP contribution in [0.2, 0.25) is 0 Å². The smallest absolute Gasteiger partial charge is 0.350 e. The predicted octanol–water partition coefficient (Wildman–Crippen LogP) is 6.53. The Bertz CT molecular complexity index is 2840. The summed E-state index contributed by atoms with van der Waals surface area (Å²) in [7, 11) is -2.70. The van der Waals surface area contributed by atoms with Crippen molar-refractivity contribution in [3.05, 3.63) is 71.5 Å². The molecule has 3 amide bonds. The van der Waals surface area contributed by atoms with Crippen molar-refractivity contribution in [3.63, 3.8) is 0 Å². The van der Waals surface area contributed by atoms with Crippen LogP contribution in [0.1, 0.15) is 75.7 Å². The molecule has 4 heterocycles. The number of benzene rings is 2. The van der Waals surface area contributed by atoms with Gasteiger partial charge in [0.05, 0.1) is 36.2 Å². The van der Waals surface area contributed by atoms with E-state index in [9.17, 15) is 27.2 Å². The number of carbonyl (C=O) groups excluding carboxylic acids is 4. The fraction of sp³-hybridized carbons (Fsp3) is 0.444. The highest BCUT2D eigenvalue weighted by molar-refractivity contribution is 7.91. The number of halogens is 1. The second kappa shape index (κ2) is 17.2. The molecule has 2 aromatic carbocycles. The van der Waals surface area contributed by atoms with Crippen LogP contribution in [0.25, 0.3) is 31.7 Å². The lowest BCUT2D eigenvalue weighted by Gasteiger charge is -2.35. The van der Waals surface area contributed by atoms with Gasteiger partial charge < -0.3 is 29.7 Å². The molecule has 0 radical (unpaired) electrons. The van der Waals surface area contributed by atoms with Crippen LogP contribution in [0.4, 0.5) is 9.52 Å². The number of nitrogens with one attached hydrogen (secondary N) is 3. The molecule has 16 nitrogen and oxygen atoms in total. The van der Waals surface area contributed by atoms with Gasteiger partial charge in [-0.2, -0.15) is 4.98 Å². The van der Waals surface area contributed by atoms with Crippen molar-refractivity contribution < 1.29 is 46.2 Å². The van der Waals surface area contributed by atoms with Crippen LogP contribution in [0.15, 0.2) is 55.1 Å². The number of hydrogen-bond acceptors (Lipinski definition) is 15. The maximum Gasteiger partial charge on any atom is 0.350 e. The second-order valence-electron chi connectivity index (χ2n) is 18.0. The van der Waals surface area contributed by atoms with Crippen LogP contribution in [-0.4, -0.2) is 101 Å². The van der Waals surface area contributed by atoms with E-state index in [2.05, 4.69) is 26.9 Å². The number of methoxy groups -OCH3 is 1. The Morgan fingerprint density at radius 1 is 1.05 bits per heavy atom. The molecule has 3 aliphatic rings. The van der Waals surface area contributed by atoms with Crippen molar-refractivity contribution in [2.75, 3.05) is 19.0 Å². The molecule has 2 saturated carbocycles.